The van der Waals surface area contributed by atoms with Crippen LogP contribution in [-0.2, 0) is 21.5 Å². The van der Waals surface area contributed by atoms with Gasteiger partial charge in [-0.1, -0.05) is 23.6 Å². The second kappa shape index (κ2) is 10.6. The molecular formula is C28H34N4O4S2. The fourth-order valence-electron chi connectivity index (χ4n) is 3.67. The SMILES string of the molecule is Cc1ccc(S(=O)(=O)n2cc(-c3cnn(COCCS(C)(C)C)c3)c3cc(C#CC(C)(C)O)ncc32)cc1. The molecule has 3 aromatic heterocycles. The number of aliphatic hydroxyl groups is 1. The number of fused-ring (bicyclic) bond motifs is 1. The van der Waals surface area contributed by atoms with Crippen LogP contribution in [0.25, 0.3) is 22.0 Å². The maximum absolute atomic E-state index is 13.6. The van der Waals surface area contributed by atoms with Crippen LogP contribution in [-0.4, -0.2) is 69.0 Å². The molecular weight excluding hydrogens is 520 g/mol. The fraction of sp³-hybridized carbons (Fsp3) is 0.357. The van der Waals surface area contributed by atoms with Gasteiger partial charge in [0.2, 0.25) is 0 Å². The second-order valence-electron chi connectivity index (χ2n) is 10.7. The summed E-state index contributed by atoms with van der Waals surface area (Å²) in [6.07, 6.45) is 13.4. The monoisotopic (exact) mass is 554 g/mol. The molecule has 4 aromatic rings. The summed E-state index contributed by atoms with van der Waals surface area (Å²) < 4.78 is 36.0. The Balaban J connectivity index is 1.77. The highest BCUT2D eigenvalue weighted by atomic mass is 32.3. The Kier molecular flexibility index (Phi) is 7.77. The van der Waals surface area contributed by atoms with Crippen LogP contribution in [0, 0.1) is 18.8 Å². The number of pyridine rings is 1. The second-order valence-corrected chi connectivity index (χ2v) is 17.1. The molecule has 0 unspecified atom stereocenters. The van der Waals surface area contributed by atoms with E-state index in [0.29, 0.717) is 35.5 Å². The first-order valence-electron chi connectivity index (χ1n) is 12.1. The van der Waals surface area contributed by atoms with Crippen LogP contribution in [0.5, 0.6) is 0 Å². The Hall–Kier alpha value is -3.10. The molecule has 8 nitrogen and oxygen atoms in total. The first-order chi connectivity index (χ1) is 17.7. The van der Waals surface area contributed by atoms with Crippen LogP contribution in [0.2, 0.25) is 0 Å². The average Bonchev–Trinajstić information content (AvgIpc) is 3.44. The predicted octanol–water partition coefficient (Wildman–Crippen LogP) is 4.24. The number of benzene rings is 1. The highest BCUT2D eigenvalue weighted by Gasteiger charge is 2.23. The third-order valence-electron chi connectivity index (χ3n) is 5.74. The van der Waals surface area contributed by atoms with E-state index in [1.54, 1.807) is 61.3 Å². The van der Waals surface area contributed by atoms with Crippen molar-refractivity contribution in [3.05, 3.63) is 66.4 Å². The Morgan fingerprint density at radius 3 is 2.45 bits per heavy atom. The van der Waals surface area contributed by atoms with E-state index in [4.69, 9.17) is 4.74 Å². The smallest absolute Gasteiger partial charge is 0.268 e. The maximum Gasteiger partial charge on any atom is 0.268 e. The number of hydrogen-bond donors (Lipinski definition) is 1. The van der Waals surface area contributed by atoms with E-state index in [-0.39, 0.29) is 4.90 Å². The standard InChI is InChI=1S/C28H34N4O4S2/c1-21-7-9-24(10-8-21)38(34,35)32-19-26(22-16-30-31(18-22)20-36-13-14-37(4,5)6)25-15-23(29-17-27(25)32)11-12-28(2,3)33/h7-10,15-19,33H,13-14,20H2,1-6H3. The van der Waals surface area contributed by atoms with Crippen molar-refractivity contribution in [3.8, 4) is 23.0 Å². The van der Waals surface area contributed by atoms with Crippen molar-refractivity contribution in [2.45, 2.75) is 38.0 Å². The molecule has 4 rings (SSSR count). The summed E-state index contributed by atoms with van der Waals surface area (Å²) in [6.45, 7) is 6.05. The molecule has 10 heteroatoms. The Labute approximate surface area is 226 Å². The number of hydrogen-bond acceptors (Lipinski definition) is 6. The van der Waals surface area contributed by atoms with Gasteiger partial charge in [0.15, 0.2) is 0 Å². The van der Waals surface area contributed by atoms with Gasteiger partial charge in [-0.3, -0.25) is 0 Å². The van der Waals surface area contributed by atoms with Crippen LogP contribution in [0.3, 0.4) is 0 Å². The van der Waals surface area contributed by atoms with Gasteiger partial charge in [0.05, 0.1) is 29.4 Å². The van der Waals surface area contributed by atoms with E-state index in [2.05, 4.69) is 40.7 Å². The Morgan fingerprint density at radius 2 is 1.79 bits per heavy atom. The molecule has 0 radical (unpaired) electrons. The molecule has 0 atom stereocenters. The molecule has 1 N–H and O–H groups in total. The zero-order chi connectivity index (χ0) is 27.7. The van der Waals surface area contributed by atoms with E-state index in [9.17, 15) is 13.5 Å². The summed E-state index contributed by atoms with van der Waals surface area (Å²) in [5, 5.41) is 15.1. The average molecular weight is 555 g/mol. The molecule has 0 fully saturated rings. The molecule has 0 saturated carbocycles. The summed E-state index contributed by atoms with van der Waals surface area (Å²) in [5.41, 5.74) is 2.05. The van der Waals surface area contributed by atoms with Gasteiger partial charge in [-0.15, -0.1) is 0 Å². The van der Waals surface area contributed by atoms with Gasteiger partial charge in [0.1, 0.15) is 18.0 Å². The molecule has 202 valence electrons. The van der Waals surface area contributed by atoms with E-state index < -0.39 is 25.7 Å². The van der Waals surface area contributed by atoms with E-state index in [1.807, 2.05) is 13.1 Å². The first-order valence-corrected chi connectivity index (χ1v) is 16.6. The van der Waals surface area contributed by atoms with Crippen molar-refractivity contribution in [1.29, 1.82) is 0 Å². The van der Waals surface area contributed by atoms with Crippen LogP contribution < -0.4 is 0 Å². The van der Waals surface area contributed by atoms with Gasteiger partial charge >= 0.3 is 0 Å². The lowest BCUT2D eigenvalue weighted by Gasteiger charge is -2.24. The number of aryl methyl sites for hydroxylation is 1. The van der Waals surface area contributed by atoms with Crippen LogP contribution in [0.1, 0.15) is 25.1 Å². The van der Waals surface area contributed by atoms with Gasteiger partial charge in [0, 0.05) is 34.7 Å². The summed E-state index contributed by atoms with van der Waals surface area (Å²) in [4.78, 5) is 4.55. The summed E-state index contributed by atoms with van der Waals surface area (Å²) in [5.74, 6) is 6.65. The number of aromatic nitrogens is 4. The highest BCUT2D eigenvalue weighted by Crippen LogP contribution is 2.34. The third kappa shape index (κ3) is 6.66. The van der Waals surface area contributed by atoms with E-state index >= 15 is 0 Å². The Morgan fingerprint density at radius 1 is 1.08 bits per heavy atom. The minimum Gasteiger partial charge on any atom is -0.378 e. The summed E-state index contributed by atoms with van der Waals surface area (Å²) >= 11 is 0. The number of rotatable bonds is 8. The molecule has 0 aliphatic carbocycles. The van der Waals surface area contributed by atoms with Crippen molar-refractivity contribution in [2.75, 3.05) is 31.1 Å². The van der Waals surface area contributed by atoms with Crippen LogP contribution >= 0.6 is 10.0 Å². The van der Waals surface area contributed by atoms with Gasteiger partial charge < -0.3 is 9.84 Å². The zero-order valence-corrected chi connectivity index (χ0v) is 24.2. The van der Waals surface area contributed by atoms with Crippen molar-refractivity contribution < 1.29 is 18.3 Å². The van der Waals surface area contributed by atoms with Gasteiger partial charge in [0.25, 0.3) is 10.0 Å². The van der Waals surface area contributed by atoms with Crippen molar-refractivity contribution in [2.24, 2.45) is 0 Å². The Bertz CT molecular complexity index is 1610. The van der Waals surface area contributed by atoms with E-state index in [1.165, 1.54) is 10.2 Å². The first kappa shape index (κ1) is 27.9. The highest BCUT2D eigenvalue weighted by molar-refractivity contribution is 8.32. The predicted molar refractivity (Wildman–Crippen MR) is 154 cm³/mol. The normalized spacial score (nSPS) is 12.9. The van der Waals surface area contributed by atoms with Crippen molar-refractivity contribution in [1.82, 2.24) is 18.7 Å². The summed E-state index contributed by atoms with van der Waals surface area (Å²) in [6, 6.07) is 8.48. The topological polar surface area (TPSA) is 99.2 Å². The van der Waals surface area contributed by atoms with Crippen molar-refractivity contribution in [3.63, 3.8) is 0 Å². The lowest BCUT2D eigenvalue weighted by atomic mass is 10.1. The minimum absolute atomic E-state index is 0.183. The molecule has 3 heterocycles. The van der Waals surface area contributed by atoms with E-state index in [0.717, 1.165) is 16.9 Å². The zero-order valence-electron chi connectivity index (χ0n) is 22.6. The number of nitrogens with zero attached hydrogens (tertiary/aromatic N) is 4. The van der Waals surface area contributed by atoms with Gasteiger partial charge in [-0.2, -0.15) is 5.10 Å². The van der Waals surface area contributed by atoms with Crippen LogP contribution in [0.15, 0.2) is 60.0 Å². The molecule has 0 aliphatic rings. The maximum atomic E-state index is 13.6. The lowest BCUT2D eigenvalue weighted by molar-refractivity contribution is 0.0809. The van der Waals surface area contributed by atoms with Gasteiger partial charge in [-0.05, 0) is 63.7 Å². The quantitative estimate of drug-likeness (QED) is 0.258. The minimum atomic E-state index is -3.89. The lowest BCUT2D eigenvalue weighted by Crippen LogP contribution is -2.14. The molecule has 38 heavy (non-hydrogen) atoms. The molecule has 0 aliphatic heterocycles. The molecule has 0 saturated heterocycles. The van der Waals surface area contributed by atoms with Gasteiger partial charge in [-0.25, -0.2) is 32.1 Å². The largest absolute Gasteiger partial charge is 0.378 e. The molecule has 0 bridgehead atoms. The third-order valence-corrected chi connectivity index (χ3v) is 8.82. The van der Waals surface area contributed by atoms with Crippen molar-refractivity contribution >= 4 is 31.0 Å². The van der Waals surface area contributed by atoms with Crippen LogP contribution in [0.4, 0.5) is 0 Å². The molecule has 0 spiro atoms. The number of ether oxygens (including phenoxy) is 1. The fourth-order valence-corrected chi connectivity index (χ4v) is 5.65. The summed E-state index contributed by atoms with van der Waals surface area (Å²) in [7, 11) is -4.53. The molecule has 1 aromatic carbocycles. The molecule has 0 amide bonds.